The number of amidine groups is 1. The van der Waals surface area contributed by atoms with Crippen molar-refractivity contribution in [1.29, 1.82) is 0 Å². The van der Waals surface area contributed by atoms with Crippen molar-refractivity contribution in [3.05, 3.63) is 27.7 Å². The summed E-state index contributed by atoms with van der Waals surface area (Å²) >= 11 is 16.5. The number of alkyl halides is 1. The highest BCUT2D eigenvalue weighted by Gasteiger charge is 2.49. The molecule has 2 heterocycles. The number of carbonyl (C=O) groups excluding carboxylic acids is 1. The van der Waals surface area contributed by atoms with Gasteiger partial charge in [0.25, 0.3) is 5.91 Å². The maximum absolute atomic E-state index is 11.9. The monoisotopic (exact) mass is 456 g/mol. The summed E-state index contributed by atoms with van der Waals surface area (Å²) in [6, 6.07) is 5.02. The first kappa shape index (κ1) is 17.5. The Morgan fingerprint density at radius 3 is 2.83 bits per heavy atom. The highest BCUT2D eigenvalue weighted by atomic mass is 79.9. The van der Waals surface area contributed by atoms with Crippen molar-refractivity contribution in [3.8, 4) is 0 Å². The average molecular weight is 458 g/mol. The van der Waals surface area contributed by atoms with E-state index in [0.29, 0.717) is 15.9 Å². The second-order valence-corrected chi connectivity index (χ2v) is 10.1. The minimum atomic E-state index is -3.11. The number of nitrogens with zero attached hydrogens (tertiary/aromatic N) is 2. The van der Waals surface area contributed by atoms with E-state index < -0.39 is 15.7 Å². The number of anilines is 1. The van der Waals surface area contributed by atoms with Gasteiger partial charge in [-0.1, -0.05) is 39.3 Å². The van der Waals surface area contributed by atoms with Crippen LogP contribution < -0.4 is 4.90 Å². The number of aliphatic imine (C=N–C) groups is 1. The van der Waals surface area contributed by atoms with Crippen molar-refractivity contribution < 1.29 is 13.2 Å². The van der Waals surface area contributed by atoms with Crippen LogP contribution in [0.2, 0.25) is 5.02 Å². The topological polar surface area (TPSA) is 66.8 Å². The van der Waals surface area contributed by atoms with Gasteiger partial charge in [-0.15, -0.1) is 11.6 Å². The fourth-order valence-electron chi connectivity index (χ4n) is 2.66. The predicted molar refractivity (Wildman–Crippen MR) is 98.6 cm³/mol. The van der Waals surface area contributed by atoms with E-state index in [1.54, 1.807) is 17.0 Å². The van der Waals surface area contributed by atoms with E-state index in [1.807, 2.05) is 6.07 Å². The average Bonchev–Trinajstić information content (AvgIpc) is 2.91. The lowest BCUT2D eigenvalue weighted by molar-refractivity contribution is -0.115. The third-order valence-corrected chi connectivity index (χ3v) is 7.80. The minimum Gasteiger partial charge on any atom is -0.314 e. The zero-order valence-electron chi connectivity index (χ0n) is 11.6. The fraction of sp³-hybridized carbons (Fsp3) is 0.385. The molecule has 3 rings (SSSR count). The van der Waals surface area contributed by atoms with Crippen molar-refractivity contribution in [2.75, 3.05) is 22.3 Å². The summed E-state index contributed by atoms with van der Waals surface area (Å²) in [7, 11) is -3.11. The number of amides is 1. The van der Waals surface area contributed by atoms with Gasteiger partial charge in [-0.25, -0.2) is 8.42 Å². The molecule has 2 atom stereocenters. The molecule has 0 bridgehead atoms. The number of halogens is 3. The number of rotatable bonds is 2. The molecule has 2 saturated heterocycles. The number of thioether (sulfide) groups is 1. The van der Waals surface area contributed by atoms with E-state index >= 15 is 0 Å². The second-order valence-electron chi connectivity index (χ2n) is 5.19. The summed E-state index contributed by atoms with van der Waals surface area (Å²) in [6.07, 6.45) is 0. The molecule has 10 heteroatoms. The van der Waals surface area contributed by atoms with E-state index in [-0.39, 0.29) is 28.7 Å². The highest BCUT2D eigenvalue weighted by Crippen LogP contribution is 2.43. The molecule has 2 aliphatic heterocycles. The summed E-state index contributed by atoms with van der Waals surface area (Å²) in [5.74, 6) is -0.596. The van der Waals surface area contributed by atoms with E-state index in [4.69, 9.17) is 23.2 Å². The van der Waals surface area contributed by atoms with Crippen LogP contribution in [0.5, 0.6) is 0 Å². The zero-order chi connectivity index (χ0) is 16.8. The smallest absolute Gasteiger partial charge is 0.262 e. The number of fused-ring (bicyclic) bond motifs is 1. The molecule has 2 fully saturated rings. The molecular weight excluding hydrogens is 447 g/mol. The van der Waals surface area contributed by atoms with Gasteiger partial charge in [-0.3, -0.25) is 4.79 Å². The van der Waals surface area contributed by atoms with Crippen LogP contribution in [0.15, 0.2) is 27.7 Å². The third-order valence-electron chi connectivity index (χ3n) is 3.57. The van der Waals surface area contributed by atoms with Gasteiger partial charge in [0.15, 0.2) is 15.0 Å². The number of sulfone groups is 1. The molecule has 1 aromatic rings. The lowest BCUT2D eigenvalue weighted by atomic mass is 10.2. The molecule has 0 radical (unpaired) electrons. The molecule has 0 spiro atoms. The molecule has 23 heavy (non-hydrogen) atoms. The maximum Gasteiger partial charge on any atom is 0.262 e. The largest absolute Gasteiger partial charge is 0.314 e. The SMILES string of the molecule is O=C(CCl)N=C1S[C@H]2CS(=O)(=O)C[C@@H]2N1c1ccc(Br)cc1Cl. The van der Waals surface area contributed by atoms with E-state index in [1.165, 1.54) is 11.8 Å². The Hall–Kier alpha value is -0.280. The van der Waals surface area contributed by atoms with Gasteiger partial charge >= 0.3 is 0 Å². The van der Waals surface area contributed by atoms with Crippen LogP contribution in [0.3, 0.4) is 0 Å². The first-order chi connectivity index (χ1) is 10.8. The fourth-order valence-corrected chi connectivity index (χ4v) is 7.41. The Balaban J connectivity index is 2.06. The van der Waals surface area contributed by atoms with Crippen LogP contribution in [-0.2, 0) is 14.6 Å². The molecule has 0 aliphatic carbocycles. The lowest BCUT2D eigenvalue weighted by Crippen LogP contribution is -2.38. The Bertz CT molecular complexity index is 800. The normalized spacial score (nSPS) is 27.4. The Kier molecular flexibility index (Phi) is 5.00. The Labute approximate surface area is 156 Å². The molecular formula is C13H11BrCl2N2O3S2. The van der Waals surface area contributed by atoms with Gasteiger partial charge < -0.3 is 4.90 Å². The van der Waals surface area contributed by atoms with Gasteiger partial charge in [0, 0.05) is 9.72 Å². The van der Waals surface area contributed by atoms with Gasteiger partial charge in [-0.2, -0.15) is 4.99 Å². The molecule has 0 saturated carbocycles. The Morgan fingerprint density at radius 1 is 1.43 bits per heavy atom. The highest BCUT2D eigenvalue weighted by molar-refractivity contribution is 9.10. The van der Waals surface area contributed by atoms with Crippen LogP contribution in [-0.4, -0.2) is 48.2 Å². The van der Waals surface area contributed by atoms with Gasteiger partial charge in [0.05, 0.1) is 28.3 Å². The minimum absolute atomic E-state index is 0.0190. The Morgan fingerprint density at radius 2 is 2.17 bits per heavy atom. The molecule has 2 aliphatic rings. The van der Waals surface area contributed by atoms with Crippen molar-refractivity contribution in [3.63, 3.8) is 0 Å². The lowest BCUT2D eigenvalue weighted by Gasteiger charge is -2.25. The second kappa shape index (κ2) is 6.55. The maximum atomic E-state index is 11.9. The van der Waals surface area contributed by atoms with Crippen molar-refractivity contribution in [1.82, 2.24) is 0 Å². The number of benzene rings is 1. The summed E-state index contributed by atoms with van der Waals surface area (Å²) in [5, 5.41) is 0.738. The van der Waals surface area contributed by atoms with Crippen molar-refractivity contribution in [2.24, 2.45) is 4.99 Å². The molecule has 0 N–H and O–H groups in total. The number of hydrogen-bond acceptors (Lipinski definition) is 4. The van der Waals surface area contributed by atoms with Gasteiger partial charge in [-0.05, 0) is 18.2 Å². The molecule has 124 valence electrons. The summed E-state index contributed by atoms with van der Waals surface area (Å²) < 4.78 is 24.7. The molecule has 1 amide bonds. The van der Waals surface area contributed by atoms with Crippen LogP contribution in [0.25, 0.3) is 0 Å². The molecule has 5 nitrogen and oxygen atoms in total. The van der Waals surface area contributed by atoms with E-state index in [2.05, 4.69) is 20.9 Å². The van der Waals surface area contributed by atoms with Gasteiger partial charge in [0.2, 0.25) is 0 Å². The predicted octanol–water partition coefficient (Wildman–Crippen LogP) is 2.94. The standard InChI is InChI=1S/C13H11BrCl2N2O3S2/c14-7-1-2-9(8(16)3-7)18-10-5-23(20,21)6-11(10)22-13(18)17-12(19)4-15/h1-3,10-11H,4-6H2/t10-,11-/m0/s1. The molecule has 0 unspecified atom stereocenters. The van der Waals surface area contributed by atoms with Crippen LogP contribution in [0.1, 0.15) is 0 Å². The molecule has 0 aromatic heterocycles. The van der Waals surface area contributed by atoms with Crippen molar-refractivity contribution in [2.45, 2.75) is 11.3 Å². The zero-order valence-corrected chi connectivity index (χ0v) is 16.3. The van der Waals surface area contributed by atoms with Crippen molar-refractivity contribution >= 4 is 77.5 Å². The number of hydrogen-bond donors (Lipinski definition) is 0. The summed E-state index contributed by atoms with van der Waals surface area (Å²) in [4.78, 5) is 17.4. The first-order valence-corrected chi connectivity index (χ1v) is 11.0. The van der Waals surface area contributed by atoms with Crippen LogP contribution in [0.4, 0.5) is 5.69 Å². The summed E-state index contributed by atoms with van der Waals surface area (Å²) in [5.41, 5.74) is 0.632. The quantitative estimate of drug-likeness (QED) is 0.638. The van der Waals surface area contributed by atoms with Crippen LogP contribution >= 0.6 is 50.9 Å². The summed E-state index contributed by atoms with van der Waals surface area (Å²) in [6.45, 7) is 0. The van der Waals surface area contributed by atoms with Crippen LogP contribution in [0, 0.1) is 0 Å². The first-order valence-electron chi connectivity index (χ1n) is 6.59. The molecule has 1 aromatic carbocycles. The van der Waals surface area contributed by atoms with E-state index in [9.17, 15) is 13.2 Å². The number of carbonyl (C=O) groups is 1. The van der Waals surface area contributed by atoms with E-state index in [0.717, 1.165) is 4.47 Å². The van der Waals surface area contributed by atoms with Gasteiger partial charge in [0.1, 0.15) is 5.88 Å². The third kappa shape index (κ3) is 3.56.